The fourth-order valence-electron chi connectivity index (χ4n) is 10.4. The van der Waals surface area contributed by atoms with Gasteiger partial charge in [0.2, 0.25) is 0 Å². The number of amidine groups is 2. The molecule has 12 rings (SSSR count). The van der Waals surface area contributed by atoms with E-state index in [1.807, 2.05) is 11.3 Å². The molecule has 4 aliphatic carbocycles. The van der Waals surface area contributed by atoms with E-state index < -0.39 is 0 Å². The predicted molar refractivity (Wildman–Crippen MR) is 215 cm³/mol. The van der Waals surface area contributed by atoms with Gasteiger partial charge in [0.25, 0.3) is 0 Å². The second-order valence-electron chi connectivity index (χ2n) is 14.9. The van der Waals surface area contributed by atoms with E-state index in [1.165, 1.54) is 42.4 Å². The molecule has 0 amide bonds. The number of rotatable bonds is 4. The first kappa shape index (κ1) is 28.8. The molecule has 1 aromatic heterocycles. The number of benzene rings is 6. The quantitative estimate of drug-likeness (QED) is 0.197. The summed E-state index contributed by atoms with van der Waals surface area (Å²) in [7, 11) is 0. The van der Waals surface area contributed by atoms with Crippen molar-refractivity contribution in [2.45, 2.75) is 30.3 Å². The maximum Gasteiger partial charge on any atom is 0.169 e. The second kappa shape index (κ2) is 10.4. The lowest BCUT2D eigenvalue weighted by Gasteiger charge is -2.49. The Morgan fingerprint density at radius 2 is 1.42 bits per heavy atom. The molecule has 1 N–H and O–H groups in total. The number of allylic oxidation sites excluding steroid dienone is 4. The van der Waals surface area contributed by atoms with Crippen LogP contribution in [-0.4, -0.2) is 11.7 Å². The van der Waals surface area contributed by atoms with Crippen LogP contribution in [0.5, 0.6) is 0 Å². The third-order valence-corrected chi connectivity index (χ3v) is 13.8. The van der Waals surface area contributed by atoms with Gasteiger partial charge in [0.15, 0.2) is 6.17 Å². The number of hydrogen-bond donors (Lipinski definition) is 1. The first-order valence-corrected chi connectivity index (χ1v) is 19.1. The number of aliphatic imine (C=N–C) groups is 2. The highest BCUT2D eigenvalue weighted by Gasteiger charge is 2.78. The van der Waals surface area contributed by atoms with Gasteiger partial charge in [-0.05, 0) is 58.4 Å². The predicted octanol–water partition coefficient (Wildman–Crippen LogP) is 11.0. The van der Waals surface area contributed by atoms with Crippen molar-refractivity contribution in [3.05, 3.63) is 202 Å². The van der Waals surface area contributed by atoms with E-state index in [-0.39, 0.29) is 17.0 Å². The zero-order valence-corrected chi connectivity index (χ0v) is 29.2. The maximum atomic E-state index is 5.31. The minimum absolute atomic E-state index is 0.0618. The lowest BCUT2D eigenvalue weighted by molar-refractivity contribution is 0.284. The molecule has 246 valence electrons. The van der Waals surface area contributed by atoms with Gasteiger partial charge in [-0.25, -0.2) is 9.98 Å². The Hall–Kier alpha value is -5.84. The van der Waals surface area contributed by atoms with Crippen LogP contribution in [-0.2, 0) is 11.8 Å². The summed E-state index contributed by atoms with van der Waals surface area (Å²) in [6.07, 6.45) is 8.91. The van der Waals surface area contributed by atoms with Gasteiger partial charge in [-0.3, -0.25) is 0 Å². The van der Waals surface area contributed by atoms with Crippen LogP contribution in [0.1, 0.15) is 57.4 Å². The Bertz CT molecular complexity index is 2800. The zero-order valence-electron chi connectivity index (χ0n) is 28.4. The Labute approximate surface area is 306 Å². The minimum Gasteiger partial charge on any atom is -0.324 e. The normalized spacial score (nSPS) is 24.6. The van der Waals surface area contributed by atoms with Crippen molar-refractivity contribution in [1.29, 1.82) is 0 Å². The van der Waals surface area contributed by atoms with Crippen LogP contribution in [0.15, 0.2) is 173 Å². The molecule has 52 heavy (non-hydrogen) atoms. The fourth-order valence-corrected chi connectivity index (χ4v) is 11.6. The number of nitrogens with one attached hydrogen (secondary N) is 1. The second-order valence-corrected chi connectivity index (χ2v) is 15.9. The molecule has 4 heteroatoms. The number of nitrogens with zero attached hydrogens (tertiary/aromatic N) is 2. The third-order valence-electron chi connectivity index (χ3n) is 12.6. The van der Waals surface area contributed by atoms with Crippen LogP contribution in [0.25, 0.3) is 31.3 Å². The average Bonchev–Trinajstić information content (AvgIpc) is 3.62. The van der Waals surface area contributed by atoms with Crippen molar-refractivity contribution in [2.24, 2.45) is 15.4 Å². The summed E-state index contributed by atoms with van der Waals surface area (Å²) in [6.45, 7) is 0. The Kier molecular flexibility index (Phi) is 5.75. The van der Waals surface area contributed by atoms with Crippen molar-refractivity contribution < 1.29 is 0 Å². The van der Waals surface area contributed by atoms with Crippen LogP contribution in [0, 0.1) is 5.41 Å². The molecule has 2 spiro atoms. The first-order chi connectivity index (χ1) is 25.7. The van der Waals surface area contributed by atoms with Crippen molar-refractivity contribution in [3.8, 4) is 11.1 Å². The molecule has 0 radical (unpaired) electrons. The van der Waals surface area contributed by atoms with Crippen LogP contribution < -0.4 is 5.32 Å². The standard InChI is InChI=1S/C48H33N3S/c1-2-13-29(14-3-1)44-49-45(30-24-25-38-31(27-30)28-48(38)39-21-8-6-18-37(39)42-40-22-10-11-26-47(40,42)48)51-46(50-44)36-17-5-4-15-32(36)34-19-12-20-35-33-16-7-9-23-41(33)52-43(34)35/h1-25,27,42,44H,26,28H2,(H,49,50,51). The lowest BCUT2D eigenvalue weighted by atomic mass is 9.52. The molecule has 3 nitrogen and oxygen atoms in total. The molecule has 2 heterocycles. The van der Waals surface area contributed by atoms with E-state index in [4.69, 9.17) is 9.98 Å². The van der Waals surface area contributed by atoms with Crippen LogP contribution in [0.3, 0.4) is 0 Å². The highest BCUT2D eigenvalue weighted by molar-refractivity contribution is 7.26. The highest BCUT2D eigenvalue weighted by atomic mass is 32.1. The molecular formula is C48H33N3S. The molecule has 0 bridgehead atoms. The summed E-state index contributed by atoms with van der Waals surface area (Å²) in [4.78, 5) is 10.6. The van der Waals surface area contributed by atoms with Gasteiger partial charge in [-0.15, -0.1) is 11.3 Å². The molecule has 1 aliphatic heterocycles. The van der Waals surface area contributed by atoms with E-state index in [9.17, 15) is 0 Å². The highest BCUT2D eigenvalue weighted by Crippen LogP contribution is 2.84. The molecule has 7 aromatic rings. The molecule has 4 unspecified atom stereocenters. The summed E-state index contributed by atoms with van der Waals surface area (Å²) in [6, 6.07) is 51.0. The lowest BCUT2D eigenvalue weighted by Crippen LogP contribution is -2.47. The van der Waals surface area contributed by atoms with Gasteiger partial charge in [0, 0.05) is 53.6 Å². The molecule has 1 saturated carbocycles. The zero-order chi connectivity index (χ0) is 34.0. The third kappa shape index (κ3) is 3.65. The number of hydrogen-bond acceptors (Lipinski definition) is 4. The largest absolute Gasteiger partial charge is 0.324 e. The Morgan fingerprint density at radius 3 is 2.35 bits per heavy atom. The molecule has 5 aliphatic rings. The van der Waals surface area contributed by atoms with Gasteiger partial charge in [0.05, 0.1) is 0 Å². The monoisotopic (exact) mass is 683 g/mol. The maximum absolute atomic E-state index is 5.31. The van der Waals surface area contributed by atoms with Crippen molar-refractivity contribution in [2.75, 3.05) is 0 Å². The number of thiophene rings is 1. The Morgan fingerprint density at radius 1 is 0.654 bits per heavy atom. The van der Waals surface area contributed by atoms with Gasteiger partial charge in [-0.2, -0.15) is 0 Å². The summed E-state index contributed by atoms with van der Waals surface area (Å²) in [5.74, 6) is 2.27. The molecule has 4 atom stereocenters. The topological polar surface area (TPSA) is 36.8 Å². The van der Waals surface area contributed by atoms with E-state index in [0.717, 1.165) is 41.2 Å². The summed E-state index contributed by atoms with van der Waals surface area (Å²) in [5, 5.41) is 6.37. The summed E-state index contributed by atoms with van der Waals surface area (Å²) >= 11 is 1.86. The van der Waals surface area contributed by atoms with E-state index in [0.29, 0.717) is 5.92 Å². The number of fused-ring (bicyclic) bond motifs is 9. The minimum atomic E-state index is -0.354. The van der Waals surface area contributed by atoms with Gasteiger partial charge < -0.3 is 5.32 Å². The first-order valence-electron chi connectivity index (χ1n) is 18.3. The van der Waals surface area contributed by atoms with E-state index in [2.05, 4.69) is 163 Å². The van der Waals surface area contributed by atoms with Gasteiger partial charge in [0.1, 0.15) is 11.7 Å². The van der Waals surface area contributed by atoms with Gasteiger partial charge in [-0.1, -0.05) is 151 Å². The van der Waals surface area contributed by atoms with Gasteiger partial charge >= 0.3 is 0 Å². The molecular weight excluding hydrogens is 651 g/mol. The summed E-state index contributed by atoms with van der Waals surface area (Å²) < 4.78 is 2.61. The average molecular weight is 684 g/mol. The smallest absolute Gasteiger partial charge is 0.169 e. The van der Waals surface area contributed by atoms with Crippen LogP contribution in [0.4, 0.5) is 0 Å². The van der Waals surface area contributed by atoms with Crippen molar-refractivity contribution >= 4 is 43.2 Å². The SMILES string of the molecule is C1=CCC23C(=C1)C2c1ccccc1C31Cc2cc(C3=NC(c4ccccc4)N=C(c4ccccc4-c4cccc5c4sc4ccccc45)N3)ccc21. The van der Waals surface area contributed by atoms with Crippen molar-refractivity contribution in [3.63, 3.8) is 0 Å². The van der Waals surface area contributed by atoms with Crippen LogP contribution >= 0.6 is 11.3 Å². The van der Waals surface area contributed by atoms with E-state index >= 15 is 0 Å². The summed E-state index contributed by atoms with van der Waals surface area (Å²) in [5.41, 5.74) is 13.6. The molecule has 0 saturated heterocycles. The molecule has 6 aromatic carbocycles. The Balaban J connectivity index is 0.967. The molecule has 1 fully saturated rings. The van der Waals surface area contributed by atoms with Crippen molar-refractivity contribution in [1.82, 2.24) is 5.32 Å². The fraction of sp³-hybridized carbons (Fsp3) is 0.125. The van der Waals surface area contributed by atoms with E-state index in [1.54, 1.807) is 16.7 Å². The van der Waals surface area contributed by atoms with Crippen LogP contribution in [0.2, 0.25) is 0 Å².